The zero-order chi connectivity index (χ0) is 16.9. The number of carbonyl (C=O) groups excluding carboxylic acids is 1. The smallest absolute Gasteiger partial charge is 0.263 e. The average molecular weight is 347 g/mol. The summed E-state index contributed by atoms with van der Waals surface area (Å²) >= 11 is 1.30. The second-order valence-corrected chi connectivity index (χ2v) is 6.90. The lowest BCUT2D eigenvalue weighted by molar-refractivity contribution is 0.0936. The number of nitrogens with one attached hydrogen (secondary N) is 2. The average Bonchev–Trinajstić information content (AvgIpc) is 3.33. The molecule has 0 bridgehead atoms. The van der Waals surface area contributed by atoms with E-state index >= 15 is 0 Å². The summed E-state index contributed by atoms with van der Waals surface area (Å²) in [4.78, 5) is 21.4. The first kappa shape index (κ1) is 16.6. The van der Waals surface area contributed by atoms with E-state index in [1.807, 2.05) is 6.92 Å². The molecule has 24 heavy (non-hydrogen) atoms. The van der Waals surface area contributed by atoms with Crippen molar-refractivity contribution in [1.82, 2.24) is 20.4 Å². The van der Waals surface area contributed by atoms with E-state index in [0.717, 1.165) is 18.7 Å². The van der Waals surface area contributed by atoms with Crippen molar-refractivity contribution in [2.45, 2.75) is 44.6 Å². The highest BCUT2D eigenvalue weighted by molar-refractivity contribution is 7.17. The summed E-state index contributed by atoms with van der Waals surface area (Å²) in [5.74, 6) is 1.40. The Bertz CT molecular complexity index is 705. The number of rotatable bonds is 7. The minimum absolute atomic E-state index is 0.202. The van der Waals surface area contributed by atoms with Crippen molar-refractivity contribution in [3.63, 3.8) is 0 Å². The van der Waals surface area contributed by atoms with Gasteiger partial charge in [0.2, 0.25) is 5.89 Å². The third-order valence-corrected chi connectivity index (χ3v) is 4.98. The molecule has 128 valence electrons. The van der Waals surface area contributed by atoms with Crippen molar-refractivity contribution in [3.8, 4) is 0 Å². The molecule has 0 saturated heterocycles. The van der Waals surface area contributed by atoms with Gasteiger partial charge in [-0.05, 0) is 19.8 Å². The topological polar surface area (TPSA) is 92.9 Å². The second-order valence-electron chi connectivity index (χ2n) is 5.87. The molecule has 0 radical (unpaired) electrons. The Morgan fingerprint density at radius 1 is 1.54 bits per heavy atom. The zero-order valence-electron chi connectivity index (χ0n) is 13.6. The van der Waals surface area contributed by atoms with Gasteiger partial charge in [-0.1, -0.05) is 35.4 Å². The molecule has 1 aliphatic carbocycles. The van der Waals surface area contributed by atoms with Crippen LogP contribution in [0.3, 0.4) is 0 Å². The summed E-state index contributed by atoms with van der Waals surface area (Å²) in [6.07, 6.45) is 7.95. The van der Waals surface area contributed by atoms with Crippen LogP contribution in [0.1, 0.15) is 66.0 Å². The summed E-state index contributed by atoms with van der Waals surface area (Å²) in [7, 11) is 0. The summed E-state index contributed by atoms with van der Waals surface area (Å²) in [6, 6.07) is -0.341. The largest absolute Gasteiger partial charge is 0.358 e. The van der Waals surface area contributed by atoms with Crippen molar-refractivity contribution in [2.24, 2.45) is 0 Å². The quantitative estimate of drug-likeness (QED) is 0.747. The lowest BCUT2D eigenvalue weighted by atomic mass is 10.1. The van der Waals surface area contributed by atoms with E-state index in [4.69, 9.17) is 4.52 Å². The summed E-state index contributed by atoms with van der Waals surface area (Å²) < 4.78 is 5.32. The Hall–Kier alpha value is -2.22. The van der Waals surface area contributed by atoms with Crippen LogP contribution in [0.25, 0.3) is 0 Å². The Kier molecular flexibility index (Phi) is 5.24. The summed E-state index contributed by atoms with van der Waals surface area (Å²) in [6.45, 7) is 6.08. The SMILES string of the molecule is C=CCNc1ncc(C(=O)N[C@@H](C)c2nc(C3CCCC3)no2)s1. The van der Waals surface area contributed by atoms with E-state index < -0.39 is 0 Å². The minimum Gasteiger partial charge on any atom is -0.358 e. The molecule has 2 heterocycles. The predicted octanol–water partition coefficient (Wildman–Crippen LogP) is 3.27. The van der Waals surface area contributed by atoms with Crippen LogP contribution in [0.5, 0.6) is 0 Å². The molecule has 1 saturated carbocycles. The molecule has 3 rings (SSSR count). The van der Waals surface area contributed by atoms with Crippen LogP contribution in [-0.4, -0.2) is 27.6 Å². The lowest BCUT2D eigenvalue weighted by Gasteiger charge is -2.08. The van der Waals surface area contributed by atoms with Gasteiger partial charge in [0.25, 0.3) is 5.91 Å². The molecule has 1 fully saturated rings. The van der Waals surface area contributed by atoms with Gasteiger partial charge in [0.05, 0.1) is 6.20 Å². The third-order valence-electron chi connectivity index (χ3n) is 4.02. The second kappa shape index (κ2) is 7.57. The molecule has 2 N–H and O–H groups in total. The first-order valence-electron chi connectivity index (χ1n) is 8.12. The normalized spacial score (nSPS) is 16.0. The molecule has 0 unspecified atom stereocenters. The van der Waals surface area contributed by atoms with Gasteiger partial charge in [-0.15, -0.1) is 6.58 Å². The number of thiazole rings is 1. The van der Waals surface area contributed by atoms with Gasteiger partial charge < -0.3 is 15.2 Å². The van der Waals surface area contributed by atoms with Gasteiger partial charge in [-0.2, -0.15) is 4.98 Å². The molecule has 8 heteroatoms. The van der Waals surface area contributed by atoms with Crippen molar-refractivity contribution in [2.75, 3.05) is 11.9 Å². The third kappa shape index (κ3) is 3.81. The van der Waals surface area contributed by atoms with Crippen LogP contribution < -0.4 is 10.6 Å². The number of aromatic nitrogens is 3. The van der Waals surface area contributed by atoms with E-state index in [1.54, 1.807) is 12.3 Å². The van der Waals surface area contributed by atoms with Crippen molar-refractivity contribution in [3.05, 3.63) is 35.4 Å². The number of hydrogen-bond acceptors (Lipinski definition) is 7. The van der Waals surface area contributed by atoms with Gasteiger partial charge in [-0.25, -0.2) is 4.98 Å². The minimum atomic E-state index is -0.341. The maximum Gasteiger partial charge on any atom is 0.263 e. The standard InChI is InChI=1S/C16H21N5O2S/c1-3-8-17-16-18-9-12(24-16)14(22)19-10(2)15-20-13(21-23-15)11-6-4-5-7-11/h3,9-11H,1,4-8H2,2H3,(H,17,18)(H,19,22)/t10-/m0/s1. The van der Waals surface area contributed by atoms with E-state index in [2.05, 4.69) is 32.3 Å². The van der Waals surface area contributed by atoms with Gasteiger partial charge in [0.15, 0.2) is 11.0 Å². The van der Waals surface area contributed by atoms with Crippen LogP contribution in [-0.2, 0) is 0 Å². The maximum absolute atomic E-state index is 12.3. The Morgan fingerprint density at radius 2 is 2.33 bits per heavy atom. The fraction of sp³-hybridized carbons (Fsp3) is 0.500. The molecule has 2 aromatic heterocycles. The molecule has 0 spiro atoms. The molecule has 7 nitrogen and oxygen atoms in total. The van der Waals surface area contributed by atoms with Crippen molar-refractivity contribution < 1.29 is 9.32 Å². The number of carbonyl (C=O) groups is 1. The Labute approximate surface area is 144 Å². The maximum atomic E-state index is 12.3. The molecule has 2 aromatic rings. The lowest BCUT2D eigenvalue weighted by Crippen LogP contribution is -2.26. The molecular formula is C16H21N5O2S. The van der Waals surface area contributed by atoms with Crippen LogP contribution in [0, 0.1) is 0 Å². The summed E-state index contributed by atoms with van der Waals surface area (Å²) in [5, 5.41) is 10.7. The van der Waals surface area contributed by atoms with Gasteiger partial charge in [0, 0.05) is 12.5 Å². The van der Waals surface area contributed by atoms with E-state index in [9.17, 15) is 4.79 Å². The number of nitrogens with zero attached hydrogens (tertiary/aromatic N) is 3. The van der Waals surface area contributed by atoms with Crippen molar-refractivity contribution >= 4 is 22.4 Å². The number of hydrogen-bond donors (Lipinski definition) is 2. The first-order chi connectivity index (χ1) is 11.7. The zero-order valence-corrected chi connectivity index (χ0v) is 14.4. The van der Waals surface area contributed by atoms with Gasteiger partial charge in [0.1, 0.15) is 10.9 Å². The fourth-order valence-electron chi connectivity index (χ4n) is 2.72. The Morgan fingerprint density at radius 3 is 3.08 bits per heavy atom. The number of anilines is 1. The Balaban J connectivity index is 1.59. The highest BCUT2D eigenvalue weighted by atomic mass is 32.1. The van der Waals surface area contributed by atoms with Crippen LogP contribution in [0.4, 0.5) is 5.13 Å². The molecule has 1 amide bonds. The predicted molar refractivity (Wildman–Crippen MR) is 92.2 cm³/mol. The van der Waals surface area contributed by atoms with Crippen LogP contribution >= 0.6 is 11.3 Å². The molecular weight excluding hydrogens is 326 g/mol. The number of amides is 1. The van der Waals surface area contributed by atoms with Gasteiger partial charge in [-0.3, -0.25) is 4.79 Å². The van der Waals surface area contributed by atoms with Crippen LogP contribution in [0.15, 0.2) is 23.4 Å². The highest BCUT2D eigenvalue weighted by Gasteiger charge is 2.24. The molecule has 1 aliphatic rings. The van der Waals surface area contributed by atoms with E-state index in [1.165, 1.54) is 24.2 Å². The van der Waals surface area contributed by atoms with E-state index in [0.29, 0.717) is 28.4 Å². The van der Waals surface area contributed by atoms with Crippen molar-refractivity contribution in [1.29, 1.82) is 0 Å². The highest BCUT2D eigenvalue weighted by Crippen LogP contribution is 2.32. The summed E-state index contributed by atoms with van der Waals surface area (Å²) in [5.41, 5.74) is 0. The fourth-order valence-corrected chi connectivity index (χ4v) is 3.45. The van der Waals surface area contributed by atoms with E-state index in [-0.39, 0.29) is 11.9 Å². The van der Waals surface area contributed by atoms with Crippen LogP contribution in [0.2, 0.25) is 0 Å². The molecule has 1 atom stereocenters. The molecule has 0 aliphatic heterocycles. The molecule has 0 aromatic carbocycles. The first-order valence-corrected chi connectivity index (χ1v) is 8.94. The monoisotopic (exact) mass is 347 g/mol. The van der Waals surface area contributed by atoms with Gasteiger partial charge >= 0.3 is 0 Å².